The maximum Gasteiger partial charge on any atom is 0.326 e. The molecule has 0 unspecified atom stereocenters. The fourth-order valence-electron chi connectivity index (χ4n) is 3.15. The van der Waals surface area contributed by atoms with Gasteiger partial charge in [0.25, 0.3) is 5.91 Å². The number of aliphatic carboxylic acids is 1. The fourth-order valence-corrected chi connectivity index (χ4v) is 3.15. The van der Waals surface area contributed by atoms with Gasteiger partial charge in [-0.1, -0.05) is 42.5 Å². The number of ether oxygens (including phenoxy) is 1. The molecule has 1 aliphatic heterocycles. The first-order valence-corrected chi connectivity index (χ1v) is 9.75. The van der Waals surface area contributed by atoms with Crippen LogP contribution >= 0.6 is 0 Å². The number of para-hydroxylation sites is 1. The molecule has 9 heteroatoms. The van der Waals surface area contributed by atoms with Gasteiger partial charge in [-0.15, -0.1) is 0 Å². The Morgan fingerprint density at radius 3 is 2.35 bits per heavy atom. The number of carboxylic acids is 1. The van der Waals surface area contributed by atoms with Crippen molar-refractivity contribution in [1.82, 2.24) is 16.0 Å². The zero-order valence-electron chi connectivity index (χ0n) is 16.8. The Morgan fingerprint density at radius 1 is 0.968 bits per heavy atom. The Bertz CT molecular complexity index is 978. The topological polar surface area (TPSA) is 134 Å². The summed E-state index contributed by atoms with van der Waals surface area (Å²) in [6, 6.07) is 12.0. The van der Waals surface area contributed by atoms with E-state index >= 15 is 0 Å². The second-order valence-corrected chi connectivity index (χ2v) is 7.20. The number of nitrogens with one attached hydrogen (secondary N) is 3. The van der Waals surface area contributed by atoms with Gasteiger partial charge >= 0.3 is 5.97 Å². The summed E-state index contributed by atoms with van der Waals surface area (Å²) in [5, 5.41) is 17.2. The first-order chi connectivity index (χ1) is 14.8. The van der Waals surface area contributed by atoms with Crippen molar-refractivity contribution < 1.29 is 29.0 Å². The summed E-state index contributed by atoms with van der Waals surface area (Å²) in [6.45, 7) is 1.80. The van der Waals surface area contributed by atoms with Crippen LogP contribution in [0.25, 0.3) is 0 Å². The van der Waals surface area contributed by atoms with Crippen LogP contribution in [0.2, 0.25) is 0 Å². The lowest BCUT2D eigenvalue weighted by molar-refractivity contribution is -0.141. The van der Waals surface area contributed by atoms with Crippen LogP contribution in [0.3, 0.4) is 0 Å². The quantitative estimate of drug-likeness (QED) is 0.568. The van der Waals surface area contributed by atoms with Crippen LogP contribution < -0.4 is 20.7 Å². The summed E-state index contributed by atoms with van der Waals surface area (Å²) in [6.07, 6.45) is -0.545. The highest BCUT2D eigenvalue weighted by atomic mass is 16.5. The smallest absolute Gasteiger partial charge is 0.326 e. The van der Waals surface area contributed by atoms with Gasteiger partial charge in [0, 0.05) is 0 Å². The monoisotopic (exact) mass is 425 g/mol. The lowest BCUT2D eigenvalue weighted by Gasteiger charge is -2.24. The number of benzene rings is 2. The number of carbonyl (C=O) groups is 4. The molecular weight excluding hydrogens is 402 g/mol. The van der Waals surface area contributed by atoms with Gasteiger partial charge in [-0.2, -0.15) is 0 Å². The van der Waals surface area contributed by atoms with Crippen LogP contribution in [0, 0.1) is 0 Å². The number of fused-ring (bicyclic) bond motifs is 1. The van der Waals surface area contributed by atoms with Crippen molar-refractivity contribution >= 4 is 23.7 Å². The molecule has 3 rings (SSSR count). The number of carbonyl (C=O) groups excluding carboxylic acids is 3. The standard InChI is InChI=1S/C22H23N3O6/c1-13-12-31-17-10-6-5-9-15(17)20(27)24-16(22(29)30)11-18(26)25-19(21(28)23-13)14-7-3-2-4-8-14/h2-10,13,16,19H,11-12H2,1H3,(H,23,28)(H,24,27)(H,25,26)(H,29,30)/t13-,16+,19+/m1/s1. The van der Waals surface area contributed by atoms with Crippen molar-refractivity contribution in [1.29, 1.82) is 0 Å². The van der Waals surface area contributed by atoms with Gasteiger partial charge in [-0.3, -0.25) is 14.4 Å². The average molecular weight is 425 g/mol. The minimum Gasteiger partial charge on any atom is -0.491 e. The maximum atomic E-state index is 12.9. The predicted octanol–water partition coefficient (Wildman–Crippen LogP) is 1.01. The van der Waals surface area contributed by atoms with Gasteiger partial charge < -0.3 is 25.8 Å². The van der Waals surface area contributed by atoms with E-state index in [1.807, 2.05) is 0 Å². The van der Waals surface area contributed by atoms with Crippen LogP contribution in [-0.2, 0) is 14.4 Å². The number of carboxylic acid groups (broad SMARTS) is 1. The second kappa shape index (κ2) is 9.75. The molecular formula is C22H23N3O6. The van der Waals surface area contributed by atoms with Crippen LogP contribution in [-0.4, -0.2) is 47.5 Å². The molecule has 0 bridgehead atoms. The van der Waals surface area contributed by atoms with Crippen molar-refractivity contribution in [2.24, 2.45) is 0 Å². The van der Waals surface area contributed by atoms with Crippen molar-refractivity contribution in [3.8, 4) is 5.75 Å². The number of amides is 3. The lowest BCUT2D eigenvalue weighted by Crippen LogP contribution is -2.48. The molecule has 0 aliphatic carbocycles. The molecule has 0 saturated carbocycles. The summed E-state index contributed by atoms with van der Waals surface area (Å²) in [7, 11) is 0. The molecule has 3 amide bonds. The average Bonchev–Trinajstić information content (AvgIpc) is 2.75. The van der Waals surface area contributed by atoms with E-state index in [0.29, 0.717) is 5.56 Å². The van der Waals surface area contributed by atoms with E-state index in [0.717, 1.165) is 0 Å². The number of rotatable bonds is 2. The van der Waals surface area contributed by atoms with Crippen LogP contribution in [0.4, 0.5) is 0 Å². The van der Waals surface area contributed by atoms with Gasteiger partial charge in [0.05, 0.1) is 18.0 Å². The first-order valence-electron chi connectivity index (χ1n) is 9.75. The molecule has 0 spiro atoms. The van der Waals surface area contributed by atoms with Gasteiger partial charge in [0.1, 0.15) is 24.4 Å². The molecule has 0 radical (unpaired) electrons. The molecule has 162 valence electrons. The molecule has 1 heterocycles. The Labute approximate surface area is 178 Å². The van der Waals surface area contributed by atoms with E-state index in [1.54, 1.807) is 55.5 Å². The fraction of sp³-hybridized carbons (Fsp3) is 0.273. The van der Waals surface area contributed by atoms with Gasteiger partial charge in [0.15, 0.2) is 0 Å². The van der Waals surface area contributed by atoms with E-state index in [-0.39, 0.29) is 17.9 Å². The SMILES string of the molecule is C[C@@H]1COc2ccccc2C(=O)N[C@H](C(=O)O)CC(=O)N[C@@H](c2ccccc2)C(=O)N1. The van der Waals surface area contributed by atoms with Gasteiger partial charge in [-0.25, -0.2) is 4.79 Å². The maximum absolute atomic E-state index is 12.9. The number of hydrogen-bond acceptors (Lipinski definition) is 5. The lowest BCUT2D eigenvalue weighted by atomic mass is 10.0. The third kappa shape index (κ3) is 5.59. The molecule has 4 N–H and O–H groups in total. The number of hydrogen-bond donors (Lipinski definition) is 4. The summed E-state index contributed by atoms with van der Waals surface area (Å²) < 4.78 is 5.71. The zero-order valence-corrected chi connectivity index (χ0v) is 16.8. The van der Waals surface area contributed by atoms with Gasteiger partial charge in [-0.05, 0) is 24.6 Å². The van der Waals surface area contributed by atoms with Crippen molar-refractivity contribution in [2.75, 3.05) is 6.61 Å². The van der Waals surface area contributed by atoms with E-state index < -0.39 is 48.2 Å². The van der Waals surface area contributed by atoms with Crippen LogP contribution in [0.1, 0.15) is 35.3 Å². The molecule has 3 atom stereocenters. The third-order valence-corrected chi connectivity index (χ3v) is 4.70. The highest BCUT2D eigenvalue weighted by Gasteiger charge is 2.29. The highest BCUT2D eigenvalue weighted by Crippen LogP contribution is 2.19. The Kier molecular flexibility index (Phi) is 6.86. The molecule has 9 nitrogen and oxygen atoms in total. The minimum atomic E-state index is -1.48. The summed E-state index contributed by atoms with van der Waals surface area (Å²) >= 11 is 0. The third-order valence-electron chi connectivity index (χ3n) is 4.70. The molecule has 31 heavy (non-hydrogen) atoms. The summed E-state index contributed by atoms with van der Waals surface area (Å²) in [5.74, 6) is -2.96. The molecule has 0 fully saturated rings. The van der Waals surface area contributed by atoms with Crippen molar-refractivity contribution in [3.05, 3.63) is 65.7 Å². The van der Waals surface area contributed by atoms with Crippen molar-refractivity contribution in [2.45, 2.75) is 31.5 Å². The van der Waals surface area contributed by atoms with E-state index in [4.69, 9.17) is 4.74 Å². The van der Waals surface area contributed by atoms with Crippen LogP contribution in [0.5, 0.6) is 5.75 Å². The molecule has 0 saturated heterocycles. The largest absolute Gasteiger partial charge is 0.491 e. The first kappa shape index (κ1) is 21.8. The van der Waals surface area contributed by atoms with E-state index in [2.05, 4.69) is 16.0 Å². The minimum absolute atomic E-state index is 0.0633. The normalized spacial score (nSPS) is 22.6. The van der Waals surface area contributed by atoms with E-state index in [1.165, 1.54) is 6.07 Å². The second-order valence-electron chi connectivity index (χ2n) is 7.20. The Balaban J connectivity index is 1.94. The molecule has 1 aliphatic rings. The van der Waals surface area contributed by atoms with E-state index in [9.17, 15) is 24.3 Å². The zero-order chi connectivity index (χ0) is 22.4. The summed E-state index contributed by atoms with van der Waals surface area (Å²) in [4.78, 5) is 49.8. The molecule has 2 aromatic rings. The predicted molar refractivity (Wildman–Crippen MR) is 110 cm³/mol. The summed E-state index contributed by atoms with van der Waals surface area (Å²) in [5.41, 5.74) is 0.668. The Hall–Kier alpha value is -3.88. The Morgan fingerprint density at radius 2 is 1.65 bits per heavy atom. The highest BCUT2D eigenvalue weighted by molar-refractivity contribution is 6.00. The van der Waals surface area contributed by atoms with Crippen LogP contribution in [0.15, 0.2) is 54.6 Å². The molecule has 0 aromatic heterocycles. The molecule has 2 aromatic carbocycles. The van der Waals surface area contributed by atoms with Gasteiger partial charge in [0.2, 0.25) is 11.8 Å². The van der Waals surface area contributed by atoms with Crippen molar-refractivity contribution in [3.63, 3.8) is 0 Å².